The summed E-state index contributed by atoms with van der Waals surface area (Å²) in [5.41, 5.74) is 0.909. The molecule has 0 bridgehead atoms. The van der Waals surface area contributed by atoms with Crippen molar-refractivity contribution in [1.29, 1.82) is 0 Å². The van der Waals surface area contributed by atoms with Crippen LogP contribution in [0.2, 0.25) is 0 Å². The zero-order valence-corrected chi connectivity index (χ0v) is 12.0. The Morgan fingerprint density at radius 1 is 1.26 bits per heavy atom. The molecule has 0 spiro atoms. The van der Waals surface area contributed by atoms with E-state index in [4.69, 9.17) is 9.47 Å². The molecule has 0 saturated carbocycles. The second kappa shape index (κ2) is 8.53. The van der Waals surface area contributed by atoms with Crippen LogP contribution in [-0.4, -0.2) is 44.2 Å². The van der Waals surface area contributed by atoms with Crippen molar-refractivity contribution in [3.63, 3.8) is 0 Å². The van der Waals surface area contributed by atoms with Crippen LogP contribution in [0.1, 0.15) is 19.4 Å². The maximum absolute atomic E-state index is 11.7. The molecular formula is C15H23NO3. The number of likely N-dealkylation sites (N-methyl/N-ethyl adjacent to an activating group) is 1. The van der Waals surface area contributed by atoms with Crippen molar-refractivity contribution in [2.75, 3.05) is 33.4 Å². The molecule has 0 radical (unpaired) electrons. The highest BCUT2D eigenvalue weighted by Crippen LogP contribution is 2.13. The Hall–Kier alpha value is -1.55. The predicted octanol–water partition coefficient (Wildman–Crippen LogP) is 2.12. The van der Waals surface area contributed by atoms with Gasteiger partial charge >= 0.3 is 5.97 Å². The predicted molar refractivity (Wildman–Crippen MR) is 75.4 cm³/mol. The van der Waals surface area contributed by atoms with E-state index >= 15 is 0 Å². The molecule has 0 unspecified atom stereocenters. The van der Waals surface area contributed by atoms with Crippen LogP contribution in [0.4, 0.5) is 0 Å². The van der Waals surface area contributed by atoms with Gasteiger partial charge in [-0.1, -0.05) is 26.0 Å². The molecule has 4 heteroatoms. The number of ether oxygens (including phenoxy) is 2. The van der Waals surface area contributed by atoms with E-state index in [9.17, 15) is 4.79 Å². The molecule has 0 aromatic heterocycles. The van der Waals surface area contributed by atoms with Gasteiger partial charge in [0.25, 0.3) is 0 Å². The van der Waals surface area contributed by atoms with Crippen molar-refractivity contribution in [1.82, 2.24) is 4.90 Å². The van der Waals surface area contributed by atoms with Crippen LogP contribution in [0.25, 0.3) is 0 Å². The second-order valence-electron chi connectivity index (χ2n) is 4.28. The molecule has 0 N–H and O–H groups in total. The maximum Gasteiger partial charge on any atom is 0.310 e. The number of hydrogen-bond acceptors (Lipinski definition) is 4. The van der Waals surface area contributed by atoms with E-state index in [2.05, 4.69) is 18.7 Å². The Morgan fingerprint density at radius 3 is 2.63 bits per heavy atom. The van der Waals surface area contributed by atoms with Crippen LogP contribution < -0.4 is 4.74 Å². The van der Waals surface area contributed by atoms with Crippen molar-refractivity contribution in [2.24, 2.45) is 0 Å². The van der Waals surface area contributed by atoms with E-state index in [-0.39, 0.29) is 12.4 Å². The van der Waals surface area contributed by atoms with Gasteiger partial charge in [-0.25, -0.2) is 0 Å². The van der Waals surface area contributed by atoms with Crippen molar-refractivity contribution in [3.8, 4) is 5.75 Å². The number of benzene rings is 1. The minimum atomic E-state index is -0.194. The maximum atomic E-state index is 11.7. The standard InChI is InChI=1S/C15H23NO3/c1-4-16(5-2)9-10-19-15(17)12-13-7-6-8-14(11-13)18-3/h6-8,11H,4-5,9-10,12H2,1-3H3. The summed E-state index contributed by atoms with van der Waals surface area (Å²) in [6.07, 6.45) is 0.287. The molecule has 0 saturated heterocycles. The number of carbonyl (C=O) groups is 1. The van der Waals surface area contributed by atoms with Gasteiger partial charge in [0.1, 0.15) is 12.4 Å². The van der Waals surface area contributed by atoms with Crippen molar-refractivity contribution < 1.29 is 14.3 Å². The average Bonchev–Trinajstić information content (AvgIpc) is 2.44. The van der Waals surface area contributed by atoms with E-state index in [0.29, 0.717) is 6.61 Å². The lowest BCUT2D eigenvalue weighted by atomic mass is 10.1. The normalized spacial score (nSPS) is 10.5. The molecule has 19 heavy (non-hydrogen) atoms. The molecule has 0 fully saturated rings. The summed E-state index contributed by atoms with van der Waals surface area (Å²) in [5, 5.41) is 0. The quantitative estimate of drug-likeness (QED) is 0.675. The zero-order valence-electron chi connectivity index (χ0n) is 12.0. The molecule has 1 rings (SSSR count). The summed E-state index contributed by atoms with van der Waals surface area (Å²) in [5.74, 6) is 0.564. The summed E-state index contributed by atoms with van der Waals surface area (Å²) in [6.45, 7) is 7.39. The van der Waals surface area contributed by atoms with Crippen LogP contribution in [0.15, 0.2) is 24.3 Å². The fourth-order valence-electron chi connectivity index (χ4n) is 1.83. The van der Waals surface area contributed by atoms with Gasteiger partial charge in [-0.2, -0.15) is 0 Å². The number of nitrogens with zero attached hydrogens (tertiary/aromatic N) is 1. The minimum absolute atomic E-state index is 0.194. The van der Waals surface area contributed by atoms with Gasteiger partial charge in [0.05, 0.1) is 13.5 Å². The Bertz CT molecular complexity index is 389. The molecule has 0 atom stereocenters. The minimum Gasteiger partial charge on any atom is -0.497 e. The largest absolute Gasteiger partial charge is 0.497 e. The Morgan fingerprint density at radius 2 is 2.00 bits per heavy atom. The summed E-state index contributed by atoms with van der Waals surface area (Å²) >= 11 is 0. The second-order valence-corrected chi connectivity index (χ2v) is 4.28. The van der Waals surface area contributed by atoms with Crippen molar-refractivity contribution in [3.05, 3.63) is 29.8 Å². The molecular weight excluding hydrogens is 242 g/mol. The van der Waals surface area contributed by atoms with E-state index in [1.54, 1.807) is 7.11 Å². The number of hydrogen-bond donors (Lipinski definition) is 0. The van der Waals surface area contributed by atoms with Gasteiger partial charge in [-0.15, -0.1) is 0 Å². The summed E-state index contributed by atoms with van der Waals surface area (Å²) in [4.78, 5) is 13.9. The molecule has 0 amide bonds. The highest BCUT2D eigenvalue weighted by Gasteiger charge is 2.06. The van der Waals surface area contributed by atoms with Crippen LogP contribution in [0, 0.1) is 0 Å². The molecule has 1 aromatic rings. The Balaban J connectivity index is 2.34. The lowest BCUT2D eigenvalue weighted by Crippen LogP contribution is -2.28. The molecule has 4 nitrogen and oxygen atoms in total. The molecule has 0 heterocycles. The monoisotopic (exact) mass is 265 g/mol. The van der Waals surface area contributed by atoms with Crippen LogP contribution in [-0.2, 0) is 16.0 Å². The van der Waals surface area contributed by atoms with Crippen molar-refractivity contribution >= 4 is 5.97 Å². The fourth-order valence-corrected chi connectivity index (χ4v) is 1.83. The first-order valence-electron chi connectivity index (χ1n) is 6.70. The van der Waals surface area contributed by atoms with Crippen LogP contribution >= 0.6 is 0 Å². The molecule has 1 aromatic carbocycles. The third-order valence-corrected chi connectivity index (χ3v) is 3.05. The molecule has 106 valence electrons. The summed E-state index contributed by atoms with van der Waals surface area (Å²) in [6, 6.07) is 7.48. The first-order chi connectivity index (χ1) is 9.19. The third-order valence-electron chi connectivity index (χ3n) is 3.05. The topological polar surface area (TPSA) is 38.8 Å². The number of methoxy groups -OCH3 is 1. The molecule has 0 aliphatic heterocycles. The van der Waals surface area contributed by atoms with Gasteiger partial charge < -0.3 is 14.4 Å². The smallest absolute Gasteiger partial charge is 0.310 e. The number of carbonyl (C=O) groups excluding carboxylic acids is 1. The highest BCUT2D eigenvalue weighted by molar-refractivity contribution is 5.72. The van der Waals surface area contributed by atoms with E-state index in [1.165, 1.54) is 0 Å². The van der Waals surface area contributed by atoms with E-state index in [1.807, 2.05) is 24.3 Å². The average molecular weight is 265 g/mol. The Labute approximate surface area is 115 Å². The lowest BCUT2D eigenvalue weighted by molar-refractivity contribution is -0.143. The zero-order chi connectivity index (χ0) is 14.1. The Kier molecular flexibility index (Phi) is 6.97. The van der Waals surface area contributed by atoms with Crippen LogP contribution in [0.3, 0.4) is 0 Å². The van der Waals surface area contributed by atoms with E-state index < -0.39 is 0 Å². The van der Waals surface area contributed by atoms with Gasteiger partial charge in [-0.05, 0) is 30.8 Å². The summed E-state index contributed by atoms with van der Waals surface area (Å²) < 4.78 is 10.4. The third kappa shape index (κ3) is 5.75. The molecule has 0 aliphatic carbocycles. The fraction of sp³-hybridized carbons (Fsp3) is 0.533. The SMILES string of the molecule is CCN(CC)CCOC(=O)Cc1cccc(OC)c1. The van der Waals surface area contributed by atoms with Crippen molar-refractivity contribution in [2.45, 2.75) is 20.3 Å². The lowest BCUT2D eigenvalue weighted by Gasteiger charge is -2.17. The van der Waals surface area contributed by atoms with Gasteiger partial charge in [-0.3, -0.25) is 4.79 Å². The van der Waals surface area contributed by atoms with Gasteiger partial charge in [0, 0.05) is 6.54 Å². The highest BCUT2D eigenvalue weighted by atomic mass is 16.5. The van der Waals surface area contributed by atoms with Gasteiger partial charge in [0.2, 0.25) is 0 Å². The number of esters is 1. The summed E-state index contributed by atoms with van der Waals surface area (Å²) in [7, 11) is 1.61. The molecule has 0 aliphatic rings. The first-order valence-corrected chi connectivity index (χ1v) is 6.70. The van der Waals surface area contributed by atoms with Crippen LogP contribution in [0.5, 0.6) is 5.75 Å². The van der Waals surface area contributed by atoms with Gasteiger partial charge in [0.15, 0.2) is 0 Å². The van der Waals surface area contributed by atoms with E-state index in [0.717, 1.165) is 30.9 Å². The number of rotatable bonds is 8. The first kappa shape index (κ1) is 15.5.